The number of para-hydroxylation sites is 1. The first-order valence-electron chi connectivity index (χ1n) is 8.52. The summed E-state index contributed by atoms with van der Waals surface area (Å²) in [6.07, 6.45) is 2.84. The van der Waals surface area contributed by atoms with Crippen LogP contribution in [0.5, 0.6) is 5.75 Å². The highest BCUT2D eigenvalue weighted by atomic mass is 16.5. The minimum atomic E-state index is 0.589. The molecule has 0 amide bonds. The van der Waals surface area contributed by atoms with Crippen molar-refractivity contribution in [2.24, 2.45) is 0 Å². The zero-order valence-corrected chi connectivity index (χ0v) is 14.1. The molecule has 0 aliphatic carbocycles. The quantitative estimate of drug-likeness (QED) is 0.754. The van der Waals surface area contributed by atoms with Gasteiger partial charge in [0.05, 0.1) is 6.61 Å². The molecular formula is C20H20N4O. The van der Waals surface area contributed by atoms with Gasteiger partial charge in [-0.25, -0.2) is 4.98 Å². The Morgan fingerprint density at radius 2 is 1.92 bits per heavy atom. The lowest BCUT2D eigenvalue weighted by Crippen LogP contribution is -2.15. The second kappa shape index (κ2) is 6.81. The van der Waals surface area contributed by atoms with E-state index >= 15 is 0 Å². The van der Waals surface area contributed by atoms with Crippen molar-refractivity contribution in [2.75, 3.05) is 23.4 Å². The molecule has 1 aliphatic rings. The Morgan fingerprint density at radius 3 is 2.76 bits per heavy atom. The Bertz CT molecular complexity index is 864. The zero-order valence-electron chi connectivity index (χ0n) is 14.1. The minimum Gasteiger partial charge on any atom is -0.494 e. The second-order valence-electron chi connectivity index (χ2n) is 5.85. The van der Waals surface area contributed by atoms with Crippen molar-refractivity contribution in [3.8, 4) is 5.75 Å². The maximum Gasteiger partial charge on any atom is 0.229 e. The highest BCUT2D eigenvalue weighted by molar-refractivity contribution is 5.68. The number of fused-ring (bicyclic) bond motifs is 1. The van der Waals surface area contributed by atoms with E-state index in [2.05, 4.69) is 44.5 Å². The molecule has 126 valence electrons. The van der Waals surface area contributed by atoms with Gasteiger partial charge in [0, 0.05) is 24.1 Å². The predicted molar refractivity (Wildman–Crippen MR) is 100 cm³/mol. The van der Waals surface area contributed by atoms with Gasteiger partial charge in [-0.3, -0.25) is 0 Å². The molecule has 5 heteroatoms. The molecule has 25 heavy (non-hydrogen) atoms. The fourth-order valence-corrected chi connectivity index (χ4v) is 3.07. The van der Waals surface area contributed by atoms with Crippen molar-refractivity contribution in [2.45, 2.75) is 13.3 Å². The van der Waals surface area contributed by atoms with Crippen molar-refractivity contribution < 1.29 is 4.74 Å². The van der Waals surface area contributed by atoms with Crippen LogP contribution in [0.2, 0.25) is 0 Å². The van der Waals surface area contributed by atoms with Gasteiger partial charge in [-0.15, -0.1) is 0 Å². The molecule has 0 bridgehead atoms. The van der Waals surface area contributed by atoms with Crippen LogP contribution < -0.4 is 15.0 Å². The van der Waals surface area contributed by atoms with Crippen LogP contribution in [0.15, 0.2) is 60.8 Å². The first kappa shape index (κ1) is 15.4. The van der Waals surface area contributed by atoms with E-state index in [4.69, 9.17) is 4.74 Å². The first-order valence-corrected chi connectivity index (χ1v) is 8.52. The van der Waals surface area contributed by atoms with E-state index in [-0.39, 0.29) is 0 Å². The summed E-state index contributed by atoms with van der Waals surface area (Å²) in [5, 5.41) is 3.26. The van der Waals surface area contributed by atoms with Gasteiger partial charge in [0.1, 0.15) is 11.6 Å². The van der Waals surface area contributed by atoms with Crippen LogP contribution in [0.3, 0.4) is 0 Å². The molecule has 4 rings (SSSR count). The number of ether oxygens (including phenoxy) is 1. The third-order valence-corrected chi connectivity index (χ3v) is 4.23. The van der Waals surface area contributed by atoms with E-state index in [0.29, 0.717) is 12.6 Å². The monoisotopic (exact) mass is 332 g/mol. The van der Waals surface area contributed by atoms with Gasteiger partial charge in [-0.05, 0) is 55.3 Å². The summed E-state index contributed by atoms with van der Waals surface area (Å²) in [4.78, 5) is 11.3. The summed E-state index contributed by atoms with van der Waals surface area (Å²) in [6, 6.07) is 18.2. The summed E-state index contributed by atoms with van der Waals surface area (Å²) in [5.41, 5.74) is 3.53. The Balaban J connectivity index is 1.54. The van der Waals surface area contributed by atoms with E-state index in [1.165, 1.54) is 11.3 Å². The topological polar surface area (TPSA) is 50.3 Å². The van der Waals surface area contributed by atoms with Crippen LogP contribution in [0, 0.1) is 0 Å². The molecule has 0 unspecified atom stereocenters. The van der Waals surface area contributed by atoms with E-state index in [1.54, 1.807) is 6.20 Å². The standard InChI is InChI=1S/C20H20N4O/c1-2-25-17-9-7-16(8-10-17)22-20-21-13-11-19(23-20)24-14-12-15-5-3-4-6-18(15)24/h3-11,13H,2,12,14H2,1H3,(H,21,22,23). The van der Waals surface area contributed by atoms with Crippen molar-refractivity contribution >= 4 is 23.1 Å². The molecule has 0 radical (unpaired) electrons. The Morgan fingerprint density at radius 1 is 1.08 bits per heavy atom. The van der Waals surface area contributed by atoms with Crippen molar-refractivity contribution in [1.82, 2.24) is 9.97 Å². The van der Waals surface area contributed by atoms with Gasteiger partial charge < -0.3 is 15.0 Å². The summed E-state index contributed by atoms with van der Waals surface area (Å²) in [5.74, 6) is 2.36. The molecule has 2 heterocycles. The summed E-state index contributed by atoms with van der Waals surface area (Å²) in [6.45, 7) is 3.58. The van der Waals surface area contributed by atoms with Crippen LogP contribution in [0.25, 0.3) is 0 Å². The van der Waals surface area contributed by atoms with Gasteiger partial charge in [0.15, 0.2) is 0 Å². The molecule has 3 aromatic rings. The SMILES string of the molecule is CCOc1ccc(Nc2nccc(N3CCc4ccccc43)n2)cc1. The van der Waals surface area contributed by atoms with Crippen LogP contribution in [-0.2, 0) is 6.42 Å². The maximum atomic E-state index is 5.47. The van der Waals surface area contributed by atoms with Crippen LogP contribution in [0.4, 0.5) is 23.1 Å². The molecule has 0 spiro atoms. The van der Waals surface area contributed by atoms with Gasteiger partial charge in [-0.2, -0.15) is 4.98 Å². The van der Waals surface area contributed by atoms with Crippen LogP contribution >= 0.6 is 0 Å². The highest BCUT2D eigenvalue weighted by Crippen LogP contribution is 2.33. The number of nitrogens with one attached hydrogen (secondary N) is 1. The van der Waals surface area contributed by atoms with Crippen LogP contribution in [0.1, 0.15) is 12.5 Å². The lowest BCUT2D eigenvalue weighted by molar-refractivity contribution is 0.340. The molecule has 0 atom stereocenters. The number of anilines is 4. The zero-order chi connectivity index (χ0) is 17.1. The first-order chi connectivity index (χ1) is 12.3. The van der Waals surface area contributed by atoms with Gasteiger partial charge in [0.2, 0.25) is 5.95 Å². The summed E-state index contributed by atoms with van der Waals surface area (Å²) in [7, 11) is 0. The van der Waals surface area contributed by atoms with Crippen molar-refractivity contribution in [1.29, 1.82) is 0 Å². The summed E-state index contributed by atoms with van der Waals surface area (Å²) >= 11 is 0. The van der Waals surface area contributed by atoms with Crippen LogP contribution in [-0.4, -0.2) is 23.1 Å². The molecule has 1 aromatic heterocycles. The average Bonchev–Trinajstić information content (AvgIpc) is 3.08. The third kappa shape index (κ3) is 3.26. The Labute approximate surface area is 147 Å². The van der Waals surface area contributed by atoms with E-state index < -0.39 is 0 Å². The second-order valence-corrected chi connectivity index (χ2v) is 5.85. The molecule has 0 saturated carbocycles. The highest BCUT2D eigenvalue weighted by Gasteiger charge is 2.20. The number of nitrogens with zero attached hydrogens (tertiary/aromatic N) is 3. The predicted octanol–water partition coefficient (Wildman–Crippen LogP) is 4.31. The lowest BCUT2D eigenvalue weighted by atomic mass is 10.2. The van der Waals surface area contributed by atoms with E-state index in [9.17, 15) is 0 Å². The van der Waals surface area contributed by atoms with Crippen molar-refractivity contribution in [3.05, 3.63) is 66.4 Å². The number of aromatic nitrogens is 2. The maximum absolute atomic E-state index is 5.47. The number of hydrogen-bond donors (Lipinski definition) is 1. The van der Waals surface area contributed by atoms with Gasteiger partial charge >= 0.3 is 0 Å². The molecular weight excluding hydrogens is 312 g/mol. The fraction of sp³-hybridized carbons (Fsp3) is 0.200. The molecule has 1 N–H and O–H groups in total. The normalized spacial score (nSPS) is 12.8. The number of hydrogen-bond acceptors (Lipinski definition) is 5. The molecule has 2 aromatic carbocycles. The Kier molecular flexibility index (Phi) is 4.21. The number of rotatable bonds is 5. The Hall–Kier alpha value is -3.08. The molecule has 5 nitrogen and oxygen atoms in total. The number of benzene rings is 2. The van der Waals surface area contributed by atoms with E-state index in [0.717, 1.165) is 30.2 Å². The average molecular weight is 332 g/mol. The molecule has 0 saturated heterocycles. The minimum absolute atomic E-state index is 0.589. The third-order valence-electron chi connectivity index (χ3n) is 4.23. The van der Waals surface area contributed by atoms with Gasteiger partial charge in [-0.1, -0.05) is 18.2 Å². The van der Waals surface area contributed by atoms with Gasteiger partial charge in [0.25, 0.3) is 0 Å². The fourth-order valence-electron chi connectivity index (χ4n) is 3.07. The summed E-state index contributed by atoms with van der Waals surface area (Å²) < 4.78 is 5.47. The largest absolute Gasteiger partial charge is 0.494 e. The molecule has 0 fully saturated rings. The van der Waals surface area contributed by atoms with Crippen molar-refractivity contribution in [3.63, 3.8) is 0 Å². The smallest absolute Gasteiger partial charge is 0.229 e. The molecule has 1 aliphatic heterocycles. The lowest BCUT2D eigenvalue weighted by Gasteiger charge is -2.18. The van der Waals surface area contributed by atoms with E-state index in [1.807, 2.05) is 37.3 Å².